The van der Waals surface area contributed by atoms with Crippen molar-refractivity contribution in [2.45, 2.75) is 39.3 Å². The number of alkyl halides is 3. The average Bonchev–Trinajstić information content (AvgIpc) is 3.03. The van der Waals surface area contributed by atoms with E-state index in [-0.39, 0.29) is 17.9 Å². The number of benzene rings is 2. The van der Waals surface area contributed by atoms with E-state index in [1.54, 1.807) is 12.1 Å². The highest BCUT2D eigenvalue weighted by Gasteiger charge is 2.37. The van der Waals surface area contributed by atoms with E-state index in [1.807, 2.05) is 26.0 Å². The third kappa shape index (κ3) is 5.25. The average molecular weight is 444 g/mol. The highest BCUT2D eigenvalue weighted by atomic mass is 19.4. The van der Waals surface area contributed by atoms with Crippen LogP contribution in [0.5, 0.6) is 0 Å². The Kier molecular flexibility index (Phi) is 6.81. The summed E-state index contributed by atoms with van der Waals surface area (Å²) in [5.41, 5.74) is 1.65. The summed E-state index contributed by atoms with van der Waals surface area (Å²) in [6.45, 7) is 3.87. The van der Waals surface area contributed by atoms with Gasteiger partial charge in [0.2, 0.25) is 0 Å². The number of hydrogen-bond donors (Lipinski definition) is 1. The molecule has 0 fully saturated rings. The Hall–Kier alpha value is -3.42. The molecule has 5 nitrogen and oxygen atoms in total. The number of carbonyl (C=O) groups excluding carboxylic acids is 1. The number of carbonyl (C=O) groups is 2. The van der Waals surface area contributed by atoms with Crippen LogP contribution in [0.4, 0.5) is 18.9 Å². The zero-order valence-electron chi connectivity index (χ0n) is 17.7. The van der Waals surface area contributed by atoms with Gasteiger partial charge in [-0.1, -0.05) is 43.2 Å². The minimum absolute atomic E-state index is 0.0716. The topological polar surface area (TPSA) is 70.0 Å². The first-order valence-electron chi connectivity index (χ1n) is 10.2. The van der Waals surface area contributed by atoms with Gasteiger partial charge in [0.15, 0.2) is 0 Å². The van der Waals surface area contributed by atoms with Gasteiger partial charge in [-0.15, -0.1) is 0 Å². The van der Waals surface area contributed by atoms with Crippen molar-refractivity contribution in [3.63, 3.8) is 0 Å². The lowest BCUT2D eigenvalue weighted by Crippen LogP contribution is -2.28. The second-order valence-corrected chi connectivity index (χ2v) is 7.68. The van der Waals surface area contributed by atoms with Crippen molar-refractivity contribution in [3.8, 4) is 0 Å². The van der Waals surface area contributed by atoms with E-state index in [1.165, 1.54) is 23.2 Å². The molecular formula is C24H23F3N2O3. The van der Waals surface area contributed by atoms with Crippen LogP contribution in [0.2, 0.25) is 0 Å². The maximum Gasteiger partial charge on any atom is 0.416 e. The van der Waals surface area contributed by atoms with Crippen LogP contribution in [-0.2, 0) is 15.8 Å². The standard InChI is InChI=1S/C24H23F3N2O3/c1-3-4-21-20(22(30)29(28-21)19-11-5-15(2)6-12-19)14-17(23(31)32)13-16-7-9-18(10-8-16)24(25,26)27/h5-13,20H,3-4,14H2,1-2H3,(H,31,32). The summed E-state index contributed by atoms with van der Waals surface area (Å²) in [7, 11) is 0. The molecule has 2 aromatic carbocycles. The van der Waals surface area contributed by atoms with Gasteiger partial charge < -0.3 is 5.11 Å². The molecule has 32 heavy (non-hydrogen) atoms. The SMILES string of the molecule is CCCC1=NN(c2ccc(C)cc2)C(=O)C1CC(=Cc1ccc(C(F)(F)F)cc1)C(=O)O. The monoisotopic (exact) mass is 444 g/mol. The number of halogens is 3. The summed E-state index contributed by atoms with van der Waals surface area (Å²) >= 11 is 0. The molecule has 8 heteroatoms. The first-order chi connectivity index (χ1) is 15.1. The van der Waals surface area contributed by atoms with Crippen molar-refractivity contribution in [2.24, 2.45) is 11.0 Å². The third-order valence-corrected chi connectivity index (χ3v) is 5.20. The minimum Gasteiger partial charge on any atom is -0.478 e. The molecule has 0 spiro atoms. The Morgan fingerprint density at radius 3 is 2.28 bits per heavy atom. The fraction of sp³-hybridized carbons (Fsp3) is 0.292. The first-order valence-corrected chi connectivity index (χ1v) is 10.2. The number of hydrazone groups is 1. The Morgan fingerprint density at radius 1 is 1.12 bits per heavy atom. The summed E-state index contributed by atoms with van der Waals surface area (Å²) < 4.78 is 38.3. The number of rotatable bonds is 7. The first kappa shape index (κ1) is 23.2. The molecule has 168 valence electrons. The maximum atomic E-state index is 13.1. The van der Waals surface area contributed by atoms with Gasteiger partial charge in [0.1, 0.15) is 0 Å². The molecule has 0 saturated heterocycles. The van der Waals surface area contributed by atoms with E-state index in [0.29, 0.717) is 23.4 Å². The van der Waals surface area contributed by atoms with E-state index < -0.39 is 23.6 Å². The van der Waals surface area contributed by atoms with E-state index in [4.69, 9.17) is 0 Å². The molecule has 1 aliphatic heterocycles. The number of carboxylic acids is 1. The molecule has 3 rings (SSSR count). The van der Waals surface area contributed by atoms with Crippen molar-refractivity contribution in [1.29, 1.82) is 0 Å². The van der Waals surface area contributed by atoms with Crippen molar-refractivity contribution < 1.29 is 27.9 Å². The van der Waals surface area contributed by atoms with Crippen LogP contribution >= 0.6 is 0 Å². The molecule has 0 radical (unpaired) electrons. The predicted molar refractivity (Wildman–Crippen MR) is 116 cm³/mol. The zero-order chi connectivity index (χ0) is 23.5. The van der Waals surface area contributed by atoms with Crippen LogP contribution in [0, 0.1) is 12.8 Å². The Balaban J connectivity index is 1.88. The Labute approximate surface area is 183 Å². The zero-order valence-corrected chi connectivity index (χ0v) is 17.7. The van der Waals surface area contributed by atoms with Crippen LogP contribution in [0.15, 0.2) is 59.2 Å². The largest absolute Gasteiger partial charge is 0.478 e. The molecule has 0 aliphatic carbocycles. The summed E-state index contributed by atoms with van der Waals surface area (Å²) in [5.74, 6) is -2.30. The molecule has 0 saturated carbocycles. The lowest BCUT2D eigenvalue weighted by atomic mass is 9.91. The fourth-order valence-corrected chi connectivity index (χ4v) is 3.49. The number of carboxylic acid groups (broad SMARTS) is 1. The molecule has 1 aliphatic rings. The number of aliphatic carboxylic acids is 1. The molecule has 1 heterocycles. The number of aryl methyl sites for hydroxylation is 1. The molecular weight excluding hydrogens is 421 g/mol. The van der Waals surface area contributed by atoms with Gasteiger partial charge in [0, 0.05) is 5.57 Å². The van der Waals surface area contributed by atoms with Gasteiger partial charge in [-0.2, -0.15) is 18.3 Å². The van der Waals surface area contributed by atoms with Crippen LogP contribution in [0.25, 0.3) is 6.08 Å². The quantitative estimate of drug-likeness (QED) is 0.558. The van der Waals surface area contributed by atoms with Crippen LogP contribution in [-0.4, -0.2) is 22.7 Å². The molecule has 1 amide bonds. The van der Waals surface area contributed by atoms with Crippen molar-refractivity contribution >= 4 is 29.4 Å². The molecule has 1 N–H and O–H groups in total. The van der Waals surface area contributed by atoms with E-state index in [2.05, 4.69) is 5.10 Å². The molecule has 1 atom stereocenters. The van der Waals surface area contributed by atoms with Crippen molar-refractivity contribution in [2.75, 3.05) is 5.01 Å². The summed E-state index contributed by atoms with van der Waals surface area (Å²) in [6.07, 6.45) is -2.01. The summed E-state index contributed by atoms with van der Waals surface area (Å²) in [4.78, 5) is 25.0. The van der Waals surface area contributed by atoms with Crippen molar-refractivity contribution in [3.05, 3.63) is 70.8 Å². The van der Waals surface area contributed by atoms with Gasteiger partial charge in [-0.3, -0.25) is 4.79 Å². The van der Waals surface area contributed by atoms with E-state index >= 15 is 0 Å². The highest BCUT2D eigenvalue weighted by molar-refractivity contribution is 6.16. The second kappa shape index (κ2) is 9.38. The summed E-state index contributed by atoms with van der Waals surface area (Å²) in [6, 6.07) is 11.5. The molecule has 2 aromatic rings. The smallest absolute Gasteiger partial charge is 0.416 e. The third-order valence-electron chi connectivity index (χ3n) is 5.20. The number of amides is 1. The van der Waals surface area contributed by atoms with E-state index in [0.717, 1.165) is 24.1 Å². The molecule has 0 bridgehead atoms. The molecule has 0 aromatic heterocycles. The second-order valence-electron chi connectivity index (χ2n) is 7.68. The minimum atomic E-state index is -4.47. The lowest BCUT2D eigenvalue weighted by Gasteiger charge is -2.15. The fourth-order valence-electron chi connectivity index (χ4n) is 3.49. The van der Waals surface area contributed by atoms with E-state index in [9.17, 15) is 27.9 Å². The highest BCUT2D eigenvalue weighted by Crippen LogP contribution is 2.32. The van der Waals surface area contributed by atoms with Gasteiger partial charge in [-0.25, -0.2) is 9.80 Å². The van der Waals surface area contributed by atoms with Gasteiger partial charge in [0.05, 0.1) is 22.9 Å². The van der Waals surface area contributed by atoms with Crippen LogP contribution in [0.3, 0.4) is 0 Å². The van der Waals surface area contributed by atoms with Gasteiger partial charge in [0.25, 0.3) is 5.91 Å². The van der Waals surface area contributed by atoms with Gasteiger partial charge in [-0.05, 0) is 55.7 Å². The number of nitrogens with zero attached hydrogens (tertiary/aromatic N) is 2. The van der Waals surface area contributed by atoms with Gasteiger partial charge >= 0.3 is 12.1 Å². The predicted octanol–water partition coefficient (Wildman–Crippen LogP) is 5.69. The lowest BCUT2D eigenvalue weighted by molar-refractivity contribution is -0.137. The van der Waals surface area contributed by atoms with Crippen LogP contribution in [0.1, 0.15) is 42.9 Å². The number of hydrogen-bond acceptors (Lipinski definition) is 3. The Bertz CT molecular complexity index is 1060. The van der Waals surface area contributed by atoms with Crippen molar-refractivity contribution in [1.82, 2.24) is 0 Å². The molecule has 1 unspecified atom stereocenters. The number of anilines is 1. The van der Waals surface area contributed by atoms with Crippen LogP contribution < -0.4 is 5.01 Å². The summed E-state index contributed by atoms with van der Waals surface area (Å²) in [5, 5.41) is 15.4. The Morgan fingerprint density at radius 2 is 1.75 bits per heavy atom. The normalized spacial score (nSPS) is 17.0. The maximum absolute atomic E-state index is 13.1.